The van der Waals surface area contributed by atoms with E-state index in [1.165, 1.54) is 5.56 Å². The van der Waals surface area contributed by atoms with Crippen LogP contribution in [0.2, 0.25) is 5.02 Å². The first kappa shape index (κ1) is 21.9. The summed E-state index contributed by atoms with van der Waals surface area (Å²) in [4.78, 5) is 19.3. The van der Waals surface area contributed by atoms with Crippen molar-refractivity contribution in [2.24, 2.45) is 5.16 Å². The van der Waals surface area contributed by atoms with E-state index in [0.29, 0.717) is 16.5 Å². The molecule has 2 aromatic carbocycles. The smallest absolute Gasteiger partial charge is 0.179 e. The van der Waals surface area contributed by atoms with E-state index in [0.717, 1.165) is 52.7 Å². The number of pyridine rings is 1. The fraction of sp³-hybridized carbons (Fsp3) is 0.231. The number of hydrogen-bond acceptors (Lipinski definition) is 5. The molecule has 5 nitrogen and oxygen atoms in total. The Morgan fingerprint density at radius 3 is 2.66 bits per heavy atom. The molecule has 0 spiro atoms. The molecule has 6 heteroatoms. The number of rotatable bonds is 7. The number of halogens is 1. The third kappa shape index (κ3) is 4.78. The van der Waals surface area contributed by atoms with Gasteiger partial charge in [0.15, 0.2) is 5.82 Å². The van der Waals surface area contributed by atoms with E-state index in [-0.39, 0.29) is 0 Å². The molecular weight excluding hydrogens is 420 g/mol. The second kappa shape index (κ2) is 9.88. The summed E-state index contributed by atoms with van der Waals surface area (Å²) in [6, 6.07) is 18.2. The van der Waals surface area contributed by atoms with E-state index in [1.54, 1.807) is 13.3 Å². The number of oxime groups is 1. The quantitative estimate of drug-likeness (QED) is 0.183. The lowest BCUT2D eigenvalue weighted by atomic mass is 9.95. The lowest BCUT2D eigenvalue weighted by Crippen LogP contribution is -2.00. The van der Waals surface area contributed by atoms with E-state index >= 15 is 0 Å². The molecule has 4 rings (SSSR count). The number of aryl methyl sites for hydroxylation is 3. The Labute approximate surface area is 193 Å². The van der Waals surface area contributed by atoms with Gasteiger partial charge in [-0.15, -0.1) is 0 Å². The summed E-state index contributed by atoms with van der Waals surface area (Å²) in [7, 11) is 1.56. The average Bonchev–Trinajstić information content (AvgIpc) is 2.78. The molecule has 32 heavy (non-hydrogen) atoms. The molecule has 0 amide bonds. The van der Waals surface area contributed by atoms with Crippen molar-refractivity contribution in [1.82, 2.24) is 15.0 Å². The zero-order valence-corrected chi connectivity index (χ0v) is 19.2. The second-order valence-electron chi connectivity index (χ2n) is 7.70. The van der Waals surface area contributed by atoms with Crippen molar-refractivity contribution in [3.63, 3.8) is 0 Å². The van der Waals surface area contributed by atoms with Crippen LogP contribution in [0.25, 0.3) is 33.7 Å². The molecule has 0 N–H and O–H groups in total. The van der Waals surface area contributed by atoms with Gasteiger partial charge in [0, 0.05) is 27.9 Å². The molecule has 4 aromatic rings. The van der Waals surface area contributed by atoms with Gasteiger partial charge in [0.1, 0.15) is 12.8 Å². The van der Waals surface area contributed by atoms with Crippen molar-refractivity contribution in [3.8, 4) is 22.8 Å². The van der Waals surface area contributed by atoms with Crippen LogP contribution in [-0.2, 0) is 11.3 Å². The minimum absolute atomic E-state index is 0.575. The topological polar surface area (TPSA) is 60.3 Å². The highest BCUT2D eigenvalue weighted by molar-refractivity contribution is 6.30. The third-order valence-corrected chi connectivity index (χ3v) is 5.53. The van der Waals surface area contributed by atoms with Crippen LogP contribution >= 0.6 is 11.6 Å². The first-order chi connectivity index (χ1) is 15.6. The summed E-state index contributed by atoms with van der Waals surface area (Å²) in [5.74, 6) is 0.575. The highest BCUT2D eigenvalue weighted by atomic mass is 35.5. The molecule has 0 fully saturated rings. The molecule has 0 aliphatic heterocycles. The maximum absolute atomic E-state index is 6.30. The Balaban J connectivity index is 1.86. The van der Waals surface area contributed by atoms with E-state index in [2.05, 4.69) is 47.4 Å². The van der Waals surface area contributed by atoms with Gasteiger partial charge >= 0.3 is 0 Å². The summed E-state index contributed by atoms with van der Waals surface area (Å²) in [6.45, 7) is 4.02. The Bertz CT molecular complexity index is 1270. The lowest BCUT2D eigenvalue weighted by molar-refractivity contribution is 0.214. The number of unbranched alkanes of at least 4 members (excludes halogenated alkanes) is 1. The van der Waals surface area contributed by atoms with Crippen LogP contribution in [0.4, 0.5) is 0 Å². The summed E-state index contributed by atoms with van der Waals surface area (Å²) in [6.07, 6.45) is 4.53. The van der Waals surface area contributed by atoms with E-state index in [1.807, 2.05) is 31.2 Å². The van der Waals surface area contributed by atoms with Gasteiger partial charge in [-0.05, 0) is 62.4 Å². The molecule has 0 aliphatic rings. The molecule has 2 heterocycles. The maximum Gasteiger partial charge on any atom is 0.179 e. The fourth-order valence-electron chi connectivity index (χ4n) is 3.89. The SMILES string of the molecule is CO/N=C/CCCc1ccccc1-c1nc(-c2cc(Cl)cc(C)n2)nc2cccc(C)c12. The summed E-state index contributed by atoms with van der Waals surface area (Å²) in [5.41, 5.74) is 6.81. The molecular formula is C26H25ClN4O. The zero-order chi connectivity index (χ0) is 22.5. The van der Waals surface area contributed by atoms with E-state index < -0.39 is 0 Å². The van der Waals surface area contributed by atoms with Crippen molar-refractivity contribution in [2.75, 3.05) is 7.11 Å². The zero-order valence-electron chi connectivity index (χ0n) is 18.5. The maximum atomic E-state index is 6.30. The number of aromatic nitrogens is 3. The Hall–Kier alpha value is -3.31. The molecule has 0 aliphatic carbocycles. The van der Waals surface area contributed by atoms with Crippen molar-refractivity contribution in [3.05, 3.63) is 76.4 Å². The Morgan fingerprint density at radius 2 is 1.84 bits per heavy atom. The van der Waals surface area contributed by atoms with Crippen LogP contribution < -0.4 is 0 Å². The van der Waals surface area contributed by atoms with Gasteiger partial charge in [-0.2, -0.15) is 0 Å². The molecule has 0 radical (unpaired) electrons. The molecule has 0 saturated heterocycles. The molecule has 2 aromatic heterocycles. The summed E-state index contributed by atoms with van der Waals surface area (Å²) < 4.78 is 0. The van der Waals surface area contributed by atoms with Gasteiger partial charge in [-0.1, -0.05) is 53.2 Å². The van der Waals surface area contributed by atoms with Crippen LogP contribution in [0.1, 0.15) is 29.7 Å². The molecule has 0 atom stereocenters. The molecule has 0 saturated carbocycles. The summed E-state index contributed by atoms with van der Waals surface area (Å²) >= 11 is 6.30. The van der Waals surface area contributed by atoms with Gasteiger partial charge in [-0.25, -0.2) is 15.0 Å². The van der Waals surface area contributed by atoms with Gasteiger partial charge in [0.25, 0.3) is 0 Å². The van der Waals surface area contributed by atoms with Crippen molar-refractivity contribution in [1.29, 1.82) is 0 Å². The standard InChI is InChI=1S/C26H25ClN4O/c1-17-9-8-13-22-24(17)25(31-26(30-22)23-16-20(27)15-18(2)29-23)21-12-5-4-10-19(21)11-6-7-14-28-32-3/h4-5,8-10,12-16H,6-7,11H2,1-3H3/b28-14+. The minimum Gasteiger partial charge on any atom is -0.399 e. The van der Waals surface area contributed by atoms with E-state index in [4.69, 9.17) is 26.4 Å². The van der Waals surface area contributed by atoms with Crippen LogP contribution in [-0.4, -0.2) is 28.3 Å². The minimum atomic E-state index is 0.575. The predicted molar refractivity (Wildman–Crippen MR) is 131 cm³/mol. The third-order valence-electron chi connectivity index (χ3n) is 5.31. The van der Waals surface area contributed by atoms with Gasteiger partial charge < -0.3 is 4.84 Å². The highest BCUT2D eigenvalue weighted by Gasteiger charge is 2.16. The monoisotopic (exact) mass is 444 g/mol. The van der Waals surface area contributed by atoms with Crippen LogP contribution in [0.15, 0.2) is 59.8 Å². The van der Waals surface area contributed by atoms with Crippen LogP contribution in [0, 0.1) is 13.8 Å². The lowest BCUT2D eigenvalue weighted by Gasteiger charge is -2.14. The van der Waals surface area contributed by atoms with Crippen molar-refractivity contribution >= 4 is 28.7 Å². The van der Waals surface area contributed by atoms with Crippen LogP contribution in [0.3, 0.4) is 0 Å². The normalized spacial score (nSPS) is 11.4. The Kier molecular flexibility index (Phi) is 6.76. The van der Waals surface area contributed by atoms with Crippen LogP contribution in [0.5, 0.6) is 0 Å². The first-order valence-corrected chi connectivity index (χ1v) is 11.0. The number of hydrogen-bond donors (Lipinski definition) is 0. The molecule has 162 valence electrons. The number of fused-ring (bicyclic) bond motifs is 1. The fourth-order valence-corrected chi connectivity index (χ4v) is 4.15. The highest BCUT2D eigenvalue weighted by Crippen LogP contribution is 2.33. The summed E-state index contributed by atoms with van der Waals surface area (Å²) in [5, 5.41) is 5.52. The number of benzene rings is 2. The largest absolute Gasteiger partial charge is 0.399 e. The van der Waals surface area contributed by atoms with Gasteiger partial charge in [0.05, 0.1) is 11.2 Å². The van der Waals surface area contributed by atoms with Crippen molar-refractivity contribution < 1.29 is 4.84 Å². The first-order valence-electron chi connectivity index (χ1n) is 10.6. The average molecular weight is 445 g/mol. The second-order valence-corrected chi connectivity index (χ2v) is 8.13. The van der Waals surface area contributed by atoms with Gasteiger partial charge in [-0.3, -0.25) is 0 Å². The Morgan fingerprint density at radius 1 is 1.00 bits per heavy atom. The molecule has 0 bridgehead atoms. The number of nitrogens with zero attached hydrogens (tertiary/aromatic N) is 4. The molecule has 0 unspecified atom stereocenters. The predicted octanol–water partition coefficient (Wildman–Crippen LogP) is 6.58. The van der Waals surface area contributed by atoms with Crippen molar-refractivity contribution in [2.45, 2.75) is 33.1 Å². The van der Waals surface area contributed by atoms with Gasteiger partial charge in [0.2, 0.25) is 0 Å². The van der Waals surface area contributed by atoms with E-state index in [9.17, 15) is 0 Å².